The van der Waals surface area contributed by atoms with Crippen molar-refractivity contribution in [3.63, 3.8) is 0 Å². The van der Waals surface area contributed by atoms with Crippen LogP contribution in [0.25, 0.3) is 0 Å². The zero-order valence-corrected chi connectivity index (χ0v) is 30.7. The number of carboxylic acids is 1. The van der Waals surface area contributed by atoms with Crippen molar-refractivity contribution in [2.45, 2.75) is 124 Å². The van der Waals surface area contributed by atoms with E-state index in [-0.39, 0.29) is 24.2 Å². The normalized spacial score (nSPS) is 38.1. The van der Waals surface area contributed by atoms with Gasteiger partial charge in [0.05, 0.1) is 18.3 Å². The van der Waals surface area contributed by atoms with Crippen LogP contribution in [-0.4, -0.2) is 87.9 Å². The summed E-state index contributed by atoms with van der Waals surface area (Å²) < 4.78 is 23.6. The Balaban J connectivity index is 2.48. The van der Waals surface area contributed by atoms with Crippen molar-refractivity contribution in [1.82, 2.24) is 0 Å². The van der Waals surface area contributed by atoms with Crippen LogP contribution in [0.5, 0.6) is 0 Å². The summed E-state index contributed by atoms with van der Waals surface area (Å²) in [6.07, 6.45) is 6.52. The summed E-state index contributed by atoms with van der Waals surface area (Å²) in [4.78, 5) is 36.8. The topological polar surface area (TPSA) is 169 Å². The predicted octanol–water partition coefficient (Wildman–Crippen LogP) is 5.05. The van der Waals surface area contributed by atoms with Crippen molar-refractivity contribution in [3.8, 4) is 0 Å². The number of cyclic esters (lactones) is 1. The van der Waals surface area contributed by atoms with Crippen LogP contribution in [-0.2, 0) is 33.3 Å². The maximum atomic E-state index is 13.5. The average molecular weight is 691 g/mol. The first-order chi connectivity index (χ1) is 22.8. The zero-order valence-electron chi connectivity index (χ0n) is 30.7. The Hall–Kier alpha value is -3.09. The standard InChI is InChI=1S/C38H58O11/c1-11-29-26(7)31(47-33(41)16-15-32(39)40)20-38(45,49-29)28(9)35(43)27(8)36-30(46-10)14-12-13-21(2)17-23(4)34(42)24(5)18-22(3)19-25(6)37(44)48-36/h12-16,18-19,23-24,26-31,34-36,42-43,45H,11,17,20H2,1-10H3,(H,39,40)/b14-12-,16-15+,21-13+,22-18+,25-19-/t23-,24+,26-,27-,28-,29+,30?,31+,34-,35+,36+,38+/m1/s1. The van der Waals surface area contributed by atoms with E-state index in [0.717, 1.165) is 17.2 Å². The first-order valence-corrected chi connectivity index (χ1v) is 17.2. The fraction of sp³-hybridized carbons (Fsp3) is 0.658. The minimum absolute atomic E-state index is 0.0123. The van der Waals surface area contributed by atoms with Crippen molar-refractivity contribution >= 4 is 17.9 Å². The third-order valence-electron chi connectivity index (χ3n) is 9.91. The van der Waals surface area contributed by atoms with Crippen molar-refractivity contribution in [2.75, 3.05) is 7.11 Å². The summed E-state index contributed by atoms with van der Waals surface area (Å²) in [5.41, 5.74) is 2.15. The lowest BCUT2D eigenvalue weighted by Gasteiger charge is -2.49. The molecule has 0 aromatic heterocycles. The van der Waals surface area contributed by atoms with Crippen LogP contribution >= 0.6 is 0 Å². The number of carbonyl (C=O) groups is 3. The molecule has 2 aliphatic heterocycles. The molecule has 0 aromatic carbocycles. The number of rotatable bonds is 9. The molecular weight excluding hydrogens is 632 g/mol. The lowest BCUT2D eigenvalue weighted by atomic mass is 9.77. The van der Waals surface area contributed by atoms with Gasteiger partial charge in [0.1, 0.15) is 18.3 Å². The molecule has 2 aliphatic rings. The van der Waals surface area contributed by atoms with E-state index in [1.807, 2.05) is 53.7 Å². The van der Waals surface area contributed by atoms with Crippen LogP contribution in [0.15, 0.2) is 59.3 Å². The summed E-state index contributed by atoms with van der Waals surface area (Å²) in [6.45, 7) is 16.4. The third-order valence-corrected chi connectivity index (χ3v) is 9.91. The molecule has 0 spiro atoms. The fourth-order valence-corrected chi connectivity index (χ4v) is 6.79. The third kappa shape index (κ3) is 11.7. The Labute approximate surface area is 291 Å². The van der Waals surface area contributed by atoms with Crippen LogP contribution in [0.3, 0.4) is 0 Å². The Morgan fingerprint density at radius 3 is 2.39 bits per heavy atom. The van der Waals surface area contributed by atoms with Gasteiger partial charge < -0.3 is 39.4 Å². The molecule has 49 heavy (non-hydrogen) atoms. The molecule has 0 radical (unpaired) electrons. The molecule has 0 saturated carbocycles. The van der Waals surface area contributed by atoms with E-state index in [2.05, 4.69) is 0 Å². The van der Waals surface area contributed by atoms with Crippen LogP contribution in [0.4, 0.5) is 0 Å². The number of ether oxygens (including phenoxy) is 4. The van der Waals surface area contributed by atoms with Gasteiger partial charge in [0.25, 0.3) is 0 Å². The van der Waals surface area contributed by atoms with Gasteiger partial charge in [-0.05, 0) is 45.6 Å². The van der Waals surface area contributed by atoms with Gasteiger partial charge in [-0.15, -0.1) is 0 Å². The molecule has 11 nitrogen and oxygen atoms in total. The highest BCUT2D eigenvalue weighted by atomic mass is 16.6. The molecule has 4 N–H and O–H groups in total. The Morgan fingerprint density at radius 1 is 1.14 bits per heavy atom. The Morgan fingerprint density at radius 2 is 1.80 bits per heavy atom. The van der Waals surface area contributed by atoms with Gasteiger partial charge in [0, 0.05) is 54.9 Å². The zero-order chi connectivity index (χ0) is 37.2. The van der Waals surface area contributed by atoms with Crippen LogP contribution in [0, 0.1) is 29.6 Å². The number of aliphatic carboxylic acids is 1. The minimum atomic E-state index is -1.95. The minimum Gasteiger partial charge on any atom is -0.478 e. The molecule has 0 aromatic rings. The molecule has 1 saturated heterocycles. The Bertz CT molecular complexity index is 1300. The number of hydrogen-bond donors (Lipinski definition) is 4. The van der Waals surface area contributed by atoms with Crippen LogP contribution in [0.1, 0.15) is 81.6 Å². The maximum absolute atomic E-state index is 13.5. The summed E-state index contributed by atoms with van der Waals surface area (Å²) in [5, 5.41) is 43.5. The first kappa shape index (κ1) is 42.1. The molecule has 2 heterocycles. The summed E-state index contributed by atoms with van der Waals surface area (Å²) in [7, 11) is 1.48. The second-order valence-electron chi connectivity index (χ2n) is 14.0. The van der Waals surface area contributed by atoms with Crippen molar-refractivity contribution in [1.29, 1.82) is 0 Å². The Kier molecular flexibility index (Phi) is 16.1. The second-order valence-corrected chi connectivity index (χ2v) is 14.0. The number of carboxylic acid groups (broad SMARTS) is 1. The number of carbonyl (C=O) groups excluding carboxylic acids is 2. The average Bonchev–Trinajstić information content (AvgIpc) is 3.04. The van der Waals surface area contributed by atoms with Gasteiger partial charge in [0.2, 0.25) is 0 Å². The lowest BCUT2D eigenvalue weighted by molar-refractivity contribution is -0.323. The monoisotopic (exact) mass is 690 g/mol. The maximum Gasteiger partial charge on any atom is 0.334 e. The molecule has 0 amide bonds. The molecule has 1 fully saturated rings. The van der Waals surface area contributed by atoms with Gasteiger partial charge in [-0.1, -0.05) is 77.0 Å². The molecule has 0 bridgehead atoms. The molecule has 12 atom stereocenters. The smallest absolute Gasteiger partial charge is 0.334 e. The number of hydrogen-bond acceptors (Lipinski definition) is 10. The number of esters is 2. The summed E-state index contributed by atoms with van der Waals surface area (Å²) >= 11 is 0. The van der Waals surface area contributed by atoms with Gasteiger partial charge in [0.15, 0.2) is 5.79 Å². The van der Waals surface area contributed by atoms with E-state index in [9.17, 15) is 29.7 Å². The number of methoxy groups -OCH3 is 1. The quantitative estimate of drug-likeness (QED) is 0.189. The van der Waals surface area contributed by atoms with E-state index in [1.165, 1.54) is 7.11 Å². The highest BCUT2D eigenvalue weighted by molar-refractivity contribution is 5.90. The number of allylic oxidation sites excluding steroid dienone is 5. The summed E-state index contributed by atoms with van der Waals surface area (Å²) in [6, 6.07) is 0. The van der Waals surface area contributed by atoms with E-state index >= 15 is 0 Å². The number of aliphatic hydroxyl groups excluding tert-OH is 2. The van der Waals surface area contributed by atoms with E-state index in [0.29, 0.717) is 24.5 Å². The lowest BCUT2D eigenvalue weighted by Crippen LogP contribution is -2.58. The molecule has 0 aliphatic carbocycles. The van der Waals surface area contributed by atoms with Gasteiger partial charge in [-0.3, -0.25) is 0 Å². The fourth-order valence-electron chi connectivity index (χ4n) is 6.79. The molecular formula is C38H58O11. The summed E-state index contributed by atoms with van der Waals surface area (Å²) in [5.74, 6) is -6.97. The van der Waals surface area contributed by atoms with E-state index in [4.69, 9.17) is 24.1 Å². The van der Waals surface area contributed by atoms with E-state index in [1.54, 1.807) is 39.0 Å². The van der Waals surface area contributed by atoms with Crippen molar-refractivity contribution < 1.29 is 53.8 Å². The van der Waals surface area contributed by atoms with Crippen LogP contribution in [0.2, 0.25) is 0 Å². The van der Waals surface area contributed by atoms with Crippen molar-refractivity contribution in [3.05, 3.63) is 59.3 Å². The molecule has 11 heteroatoms. The number of aliphatic hydroxyl groups is 3. The molecule has 276 valence electrons. The second kappa shape index (κ2) is 18.8. The highest BCUT2D eigenvalue weighted by Gasteiger charge is 2.52. The van der Waals surface area contributed by atoms with Crippen LogP contribution < -0.4 is 0 Å². The first-order valence-electron chi connectivity index (χ1n) is 17.2. The highest BCUT2D eigenvalue weighted by Crippen LogP contribution is 2.41. The predicted molar refractivity (Wildman–Crippen MR) is 185 cm³/mol. The van der Waals surface area contributed by atoms with Gasteiger partial charge in [-0.25, -0.2) is 14.4 Å². The van der Waals surface area contributed by atoms with E-state index < -0.39 is 72.2 Å². The van der Waals surface area contributed by atoms with Gasteiger partial charge >= 0.3 is 17.9 Å². The SMILES string of the molecule is CC[C@@H]1O[C@](O)([C@H](C)[C@@H](O)[C@@H](C)[C@@H]2OC(=O)/C(C)=C\C(C)=C\[C@H](C)[C@H](O)[C@H](C)C/C(C)=C/C=C\C2OC)C[C@H](OC(=O)/C=C/C(=O)O)[C@@H]1C. The molecule has 2 rings (SSSR count). The molecule has 1 unspecified atom stereocenters. The largest absolute Gasteiger partial charge is 0.478 e. The van der Waals surface area contributed by atoms with Gasteiger partial charge in [-0.2, -0.15) is 0 Å². The van der Waals surface area contributed by atoms with Crippen molar-refractivity contribution in [2.24, 2.45) is 29.6 Å².